The summed E-state index contributed by atoms with van der Waals surface area (Å²) in [5.74, 6) is 1.29. The van der Waals surface area contributed by atoms with E-state index in [1.165, 1.54) is 0 Å². The van der Waals surface area contributed by atoms with Gasteiger partial charge in [0.05, 0.1) is 12.7 Å². The first-order valence-electron chi connectivity index (χ1n) is 9.00. The molecule has 0 aliphatic heterocycles. The molecule has 1 aromatic heterocycles. The van der Waals surface area contributed by atoms with Crippen molar-refractivity contribution in [2.45, 2.75) is 13.8 Å². The Morgan fingerprint density at radius 2 is 1.71 bits per heavy atom. The van der Waals surface area contributed by atoms with Crippen molar-refractivity contribution in [1.82, 2.24) is 0 Å². The van der Waals surface area contributed by atoms with Crippen LogP contribution in [0.1, 0.15) is 27.0 Å². The second-order valence-electron chi connectivity index (χ2n) is 6.86. The van der Waals surface area contributed by atoms with Gasteiger partial charge in [0.25, 0.3) is 0 Å². The van der Waals surface area contributed by atoms with Gasteiger partial charge in [-0.25, -0.2) is 0 Å². The minimum atomic E-state index is -0.140. The van der Waals surface area contributed by atoms with Gasteiger partial charge >= 0.3 is 0 Å². The molecule has 0 aliphatic carbocycles. The van der Waals surface area contributed by atoms with Crippen LogP contribution in [-0.4, -0.2) is 18.0 Å². The Morgan fingerprint density at radius 1 is 0.964 bits per heavy atom. The Kier molecular flexibility index (Phi) is 4.40. The number of carbonyl (C=O) groups is 1. The average molecular weight is 372 g/mol. The van der Waals surface area contributed by atoms with E-state index in [2.05, 4.69) is 0 Å². The summed E-state index contributed by atoms with van der Waals surface area (Å²) >= 11 is 0. The number of hydrogen-bond donors (Lipinski definition) is 1. The van der Waals surface area contributed by atoms with Gasteiger partial charge in [-0.1, -0.05) is 11.6 Å². The van der Waals surface area contributed by atoms with Crippen LogP contribution in [-0.2, 0) is 0 Å². The lowest BCUT2D eigenvalue weighted by Gasteiger charge is -2.06. The van der Waals surface area contributed by atoms with Gasteiger partial charge < -0.3 is 14.3 Å². The second kappa shape index (κ2) is 6.89. The quantitative estimate of drug-likeness (QED) is 0.470. The van der Waals surface area contributed by atoms with E-state index in [1.54, 1.807) is 32.2 Å². The van der Waals surface area contributed by atoms with E-state index in [1.807, 2.05) is 49.4 Å². The first-order valence-corrected chi connectivity index (χ1v) is 9.00. The fourth-order valence-corrected chi connectivity index (χ4v) is 3.32. The number of phenols is 1. The highest BCUT2D eigenvalue weighted by Crippen LogP contribution is 2.36. The Balaban J connectivity index is 1.94. The largest absolute Gasteiger partial charge is 0.508 e. The zero-order valence-electron chi connectivity index (χ0n) is 15.9. The molecular weight excluding hydrogens is 352 g/mol. The number of aryl methyl sites for hydroxylation is 2. The minimum Gasteiger partial charge on any atom is -0.508 e. The summed E-state index contributed by atoms with van der Waals surface area (Å²) in [6.45, 7) is 3.76. The molecule has 140 valence electrons. The molecule has 1 heterocycles. The van der Waals surface area contributed by atoms with Crippen LogP contribution < -0.4 is 4.74 Å². The number of ether oxygens (including phenoxy) is 1. The van der Waals surface area contributed by atoms with Gasteiger partial charge in [0.2, 0.25) is 0 Å². The Morgan fingerprint density at radius 3 is 2.39 bits per heavy atom. The topological polar surface area (TPSA) is 59.7 Å². The average Bonchev–Trinajstić information content (AvgIpc) is 3.08. The molecule has 0 spiro atoms. The summed E-state index contributed by atoms with van der Waals surface area (Å²) in [4.78, 5) is 13.4. The van der Waals surface area contributed by atoms with Crippen molar-refractivity contribution < 1.29 is 19.1 Å². The van der Waals surface area contributed by atoms with Gasteiger partial charge in [0.15, 0.2) is 5.78 Å². The SMILES string of the molecule is COc1ccc(-c2oc3ccc(C)cc3c2C(=O)c2ccc(O)c(C)c2)cc1. The first kappa shape index (κ1) is 17.9. The summed E-state index contributed by atoms with van der Waals surface area (Å²) in [7, 11) is 1.61. The molecule has 4 nitrogen and oxygen atoms in total. The number of phenolic OH excluding ortho intramolecular Hbond substituents is 1. The Labute approximate surface area is 163 Å². The number of hydrogen-bond acceptors (Lipinski definition) is 4. The maximum Gasteiger partial charge on any atom is 0.197 e. The molecule has 28 heavy (non-hydrogen) atoms. The highest BCUT2D eigenvalue weighted by Gasteiger charge is 2.23. The number of aromatic hydroxyl groups is 1. The molecule has 0 radical (unpaired) electrons. The van der Waals surface area contributed by atoms with Gasteiger partial charge in [-0.15, -0.1) is 0 Å². The van der Waals surface area contributed by atoms with Crippen LogP contribution in [0.15, 0.2) is 65.1 Å². The summed E-state index contributed by atoms with van der Waals surface area (Å²) in [5.41, 5.74) is 4.19. The smallest absolute Gasteiger partial charge is 0.197 e. The van der Waals surface area contributed by atoms with Crippen LogP contribution in [0.2, 0.25) is 0 Å². The lowest BCUT2D eigenvalue weighted by Crippen LogP contribution is -2.03. The van der Waals surface area contributed by atoms with Crippen molar-refractivity contribution in [1.29, 1.82) is 0 Å². The van der Waals surface area contributed by atoms with E-state index < -0.39 is 0 Å². The zero-order chi connectivity index (χ0) is 19.8. The maximum absolute atomic E-state index is 13.4. The number of furan rings is 1. The molecule has 0 atom stereocenters. The molecule has 0 saturated heterocycles. The third kappa shape index (κ3) is 3.03. The van der Waals surface area contributed by atoms with Crippen molar-refractivity contribution in [2.24, 2.45) is 0 Å². The van der Waals surface area contributed by atoms with Gasteiger partial charge in [0, 0.05) is 16.5 Å². The van der Waals surface area contributed by atoms with Crippen molar-refractivity contribution in [3.05, 3.63) is 82.9 Å². The highest BCUT2D eigenvalue weighted by atomic mass is 16.5. The minimum absolute atomic E-state index is 0.140. The fourth-order valence-electron chi connectivity index (χ4n) is 3.32. The molecule has 4 aromatic rings. The Bertz CT molecular complexity index is 1180. The van der Waals surface area contributed by atoms with Crippen LogP contribution >= 0.6 is 0 Å². The normalized spacial score (nSPS) is 11.0. The number of rotatable bonds is 4. The van der Waals surface area contributed by atoms with Gasteiger partial charge in [-0.2, -0.15) is 0 Å². The van der Waals surface area contributed by atoms with E-state index >= 15 is 0 Å². The predicted molar refractivity (Wildman–Crippen MR) is 109 cm³/mol. The molecule has 0 amide bonds. The van der Waals surface area contributed by atoms with Crippen molar-refractivity contribution in [3.63, 3.8) is 0 Å². The van der Waals surface area contributed by atoms with Crippen LogP contribution in [0.4, 0.5) is 0 Å². The summed E-state index contributed by atoms with van der Waals surface area (Å²) < 4.78 is 11.3. The fraction of sp³-hybridized carbons (Fsp3) is 0.125. The van der Waals surface area contributed by atoms with E-state index in [0.717, 1.165) is 22.3 Å². The lowest BCUT2D eigenvalue weighted by molar-refractivity contribution is 0.104. The van der Waals surface area contributed by atoms with Crippen molar-refractivity contribution in [2.75, 3.05) is 7.11 Å². The predicted octanol–water partition coefficient (Wildman–Crippen LogP) is 5.66. The molecular formula is C24H20O4. The molecule has 0 unspecified atom stereocenters. The molecule has 0 bridgehead atoms. The third-order valence-electron chi connectivity index (χ3n) is 4.88. The highest BCUT2D eigenvalue weighted by molar-refractivity contribution is 6.19. The number of fused-ring (bicyclic) bond motifs is 1. The standard InChI is InChI=1S/C24H20O4/c1-14-4-11-21-19(12-14)22(23(26)17-7-10-20(25)15(2)13-17)24(28-21)16-5-8-18(27-3)9-6-16/h4-13,25H,1-3H3. The van der Waals surface area contributed by atoms with Crippen molar-refractivity contribution >= 4 is 16.8 Å². The molecule has 0 fully saturated rings. The van der Waals surface area contributed by atoms with E-state index in [-0.39, 0.29) is 11.5 Å². The number of ketones is 1. The summed E-state index contributed by atoms with van der Waals surface area (Å²) in [6.07, 6.45) is 0. The molecule has 1 N–H and O–H groups in total. The van der Waals surface area contributed by atoms with E-state index in [4.69, 9.17) is 9.15 Å². The van der Waals surface area contributed by atoms with Crippen LogP contribution in [0.3, 0.4) is 0 Å². The first-order chi connectivity index (χ1) is 13.5. The van der Waals surface area contributed by atoms with E-state index in [0.29, 0.717) is 28.0 Å². The van der Waals surface area contributed by atoms with Gasteiger partial charge in [-0.3, -0.25) is 4.79 Å². The van der Waals surface area contributed by atoms with Crippen LogP contribution in [0.25, 0.3) is 22.3 Å². The summed E-state index contributed by atoms with van der Waals surface area (Å²) in [5, 5.41) is 10.6. The number of benzene rings is 3. The molecule has 4 heteroatoms. The molecule has 4 rings (SSSR count). The zero-order valence-corrected chi connectivity index (χ0v) is 15.9. The monoisotopic (exact) mass is 372 g/mol. The third-order valence-corrected chi connectivity index (χ3v) is 4.88. The Hall–Kier alpha value is -3.53. The van der Waals surface area contributed by atoms with Gasteiger partial charge in [0.1, 0.15) is 22.8 Å². The van der Waals surface area contributed by atoms with Crippen LogP contribution in [0, 0.1) is 13.8 Å². The van der Waals surface area contributed by atoms with E-state index in [9.17, 15) is 9.90 Å². The summed E-state index contributed by atoms with van der Waals surface area (Å²) in [6, 6.07) is 18.1. The van der Waals surface area contributed by atoms with Gasteiger partial charge in [-0.05, 0) is 74.0 Å². The lowest BCUT2D eigenvalue weighted by atomic mass is 9.96. The number of methoxy groups -OCH3 is 1. The number of carbonyl (C=O) groups excluding carboxylic acids is 1. The van der Waals surface area contributed by atoms with Crippen LogP contribution in [0.5, 0.6) is 11.5 Å². The molecule has 3 aromatic carbocycles. The maximum atomic E-state index is 13.4. The molecule has 0 saturated carbocycles. The second-order valence-corrected chi connectivity index (χ2v) is 6.86. The van der Waals surface area contributed by atoms with Crippen molar-refractivity contribution in [3.8, 4) is 22.8 Å². The molecule has 0 aliphatic rings.